The number of carbonyl (C=O) groups is 1. The van der Waals surface area contributed by atoms with E-state index in [-0.39, 0.29) is 41.1 Å². The van der Waals surface area contributed by atoms with E-state index in [9.17, 15) is 4.79 Å². The molecule has 0 atom stereocenters. The molecule has 0 spiro atoms. The molecule has 0 aromatic rings. The Hall–Kier alpha value is -0.530. The molecule has 0 rings (SSSR count). The van der Waals surface area contributed by atoms with E-state index in [4.69, 9.17) is 4.74 Å². The fourth-order valence-electron chi connectivity index (χ4n) is 1.98. The highest BCUT2D eigenvalue weighted by atomic mass is 127. The monoisotopic (exact) mass is 455 g/mol. The van der Waals surface area contributed by atoms with Crippen molar-refractivity contribution < 1.29 is 9.53 Å². The number of rotatable bonds is 8. The minimum atomic E-state index is -0.380. The minimum Gasteiger partial charge on any atom is -0.460 e. The second kappa shape index (κ2) is 12.8. The van der Waals surface area contributed by atoms with Gasteiger partial charge in [0.1, 0.15) is 5.60 Å². The van der Waals surface area contributed by atoms with Crippen molar-refractivity contribution in [3.05, 3.63) is 0 Å². The summed E-state index contributed by atoms with van der Waals surface area (Å²) in [7, 11) is 0. The lowest BCUT2D eigenvalue weighted by atomic mass is 10.1. The van der Waals surface area contributed by atoms with Gasteiger partial charge in [0, 0.05) is 25.0 Å². The standard InChI is InChI=1S/C18H37N3O2.HI/c1-8-19-16(21-17(2,3)4)20-14-12-10-9-11-13-15(22)23-18(5,6)7;/h8-14H2,1-7H3,(H2,19,20,21);1H. The number of hydrogen-bond acceptors (Lipinski definition) is 3. The van der Waals surface area contributed by atoms with E-state index in [1.807, 2.05) is 20.8 Å². The first-order valence-electron chi connectivity index (χ1n) is 8.82. The van der Waals surface area contributed by atoms with Gasteiger partial charge >= 0.3 is 5.97 Å². The Balaban J connectivity index is 0. The maximum atomic E-state index is 11.6. The number of hydrogen-bond donors (Lipinski definition) is 2. The van der Waals surface area contributed by atoms with Crippen molar-refractivity contribution in [1.82, 2.24) is 10.6 Å². The molecule has 0 unspecified atom stereocenters. The molecule has 24 heavy (non-hydrogen) atoms. The van der Waals surface area contributed by atoms with Gasteiger partial charge in [-0.15, -0.1) is 24.0 Å². The summed E-state index contributed by atoms with van der Waals surface area (Å²) in [6.45, 7) is 15.8. The normalized spacial score (nSPS) is 12.4. The fourth-order valence-corrected chi connectivity index (χ4v) is 1.98. The first-order valence-corrected chi connectivity index (χ1v) is 8.82. The molecule has 6 heteroatoms. The highest BCUT2D eigenvalue weighted by Gasteiger charge is 2.15. The third-order valence-electron chi connectivity index (χ3n) is 2.82. The summed E-state index contributed by atoms with van der Waals surface area (Å²) >= 11 is 0. The predicted molar refractivity (Wildman–Crippen MR) is 113 cm³/mol. The van der Waals surface area contributed by atoms with Crippen LogP contribution < -0.4 is 10.6 Å². The molecule has 0 saturated carbocycles. The lowest BCUT2D eigenvalue weighted by molar-refractivity contribution is -0.154. The third-order valence-corrected chi connectivity index (χ3v) is 2.82. The van der Waals surface area contributed by atoms with Gasteiger partial charge in [-0.1, -0.05) is 12.8 Å². The fraction of sp³-hybridized carbons (Fsp3) is 0.889. The number of nitrogens with one attached hydrogen (secondary N) is 2. The molecule has 0 aliphatic carbocycles. The zero-order valence-corrected chi connectivity index (χ0v) is 19.0. The smallest absolute Gasteiger partial charge is 0.306 e. The van der Waals surface area contributed by atoms with Gasteiger partial charge in [-0.25, -0.2) is 0 Å². The summed E-state index contributed by atoms with van der Waals surface area (Å²) in [6.07, 6.45) is 4.56. The van der Waals surface area contributed by atoms with Gasteiger partial charge in [-0.2, -0.15) is 0 Å². The van der Waals surface area contributed by atoms with Crippen LogP contribution >= 0.6 is 24.0 Å². The summed E-state index contributed by atoms with van der Waals surface area (Å²) in [5.41, 5.74) is -0.372. The van der Waals surface area contributed by atoms with E-state index in [0.717, 1.165) is 44.7 Å². The zero-order valence-electron chi connectivity index (χ0n) is 16.6. The van der Waals surface area contributed by atoms with Crippen LogP contribution in [0.5, 0.6) is 0 Å². The molecular formula is C18H38IN3O2. The Morgan fingerprint density at radius 1 is 1.00 bits per heavy atom. The van der Waals surface area contributed by atoms with Crippen LogP contribution in [-0.2, 0) is 9.53 Å². The first-order chi connectivity index (χ1) is 10.5. The van der Waals surface area contributed by atoms with Crippen LogP contribution in [0.3, 0.4) is 0 Å². The van der Waals surface area contributed by atoms with Crippen molar-refractivity contribution in [2.75, 3.05) is 13.1 Å². The first kappa shape index (κ1) is 25.7. The van der Waals surface area contributed by atoms with Gasteiger partial charge in [-0.05, 0) is 61.3 Å². The Morgan fingerprint density at radius 2 is 1.58 bits per heavy atom. The number of halogens is 1. The predicted octanol–water partition coefficient (Wildman–Crippen LogP) is 4.25. The number of esters is 1. The number of ether oxygens (including phenoxy) is 1. The van der Waals surface area contributed by atoms with E-state index in [1.54, 1.807) is 0 Å². The zero-order chi connectivity index (χ0) is 17.9. The highest BCUT2D eigenvalue weighted by molar-refractivity contribution is 14.0. The van der Waals surface area contributed by atoms with Crippen molar-refractivity contribution in [3.63, 3.8) is 0 Å². The van der Waals surface area contributed by atoms with Crippen LogP contribution in [0.2, 0.25) is 0 Å². The molecule has 2 N–H and O–H groups in total. The number of guanidine groups is 1. The second-order valence-corrected chi connectivity index (χ2v) is 7.89. The average molecular weight is 455 g/mol. The Kier molecular flexibility index (Phi) is 13.7. The second-order valence-electron chi connectivity index (χ2n) is 7.89. The Labute approximate surface area is 165 Å². The Morgan fingerprint density at radius 3 is 2.08 bits per heavy atom. The van der Waals surface area contributed by atoms with Gasteiger partial charge in [0.2, 0.25) is 0 Å². The molecule has 0 fully saturated rings. The molecule has 0 heterocycles. The van der Waals surface area contributed by atoms with Gasteiger partial charge < -0.3 is 15.4 Å². The summed E-state index contributed by atoms with van der Waals surface area (Å²) in [5, 5.41) is 6.63. The van der Waals surface area contributed by atoms with Gasteiger partial charge in [0.25, 0.3) is 0 Å². The molecule has 0 aliphatic heterocycles. The highest BCUT2D eigenvalue weighted by Crippen LogP contribution is 2.11. The molecule has 0 aromatic carbocycles. The summed E-state index contributed by atoms with van der Waals surface area (Å²) < 4.78 is 5.29. The largest absolute Gasteiger partial charge is 0.460 e. The molecule has 5 nitrogen and oxygen atoms in total. The summed E-state index contributed by atoms with van der Waals surface area (Å²) in [5.74, 6) is 0.771. The van der Waals surface area contributed by atoms with E-state index in [1.165, 1.54) is 0 Å². The molecule has 0 bridgehead atoms. The molecular weight excluding hydrogens is 417 g/mol. The van der Waals surface area contributed by atoms with Gasteiger partial charge in [0.15, 0.2) is 5.96 Å². The van der Waals surface area contributed by atoms with Crippen molar-refractivity contribution in [2.45, 2.75) is 91.7 Å². The topological polar surface area (TPSA) is 62.7 Å². The van der Waals surface area contributed by atoms with Crippen molar-refractivity contribution in [2.24, 2.45) is 4.99 Å². The maximum absolute atomic E-state index is 11.6. The lowest BCUT2D eigenvalue weighted by Crippen LogP contribution is -2.47. The van der Waals surface area contributed by atoms with Crippen molar-refractivity contribution >= 4 is 35.9 Å². The molecule has 0 amide bonds. The number of nitrogens with zero attached hydrogens (tertiary/aromatic N) is 1. The number of carbonyl (C=O) groups excluding carboxylic acids is 1. The van der Waals surface area contributed by atoms with Gasteiger partial charge in [-0.3, -0.25) is 9.79 Å². The molecule has 0 radical (unpaired) electrons. The van der Waals surface area contributed by atoms with E-state index in [0.29, 0.717) is 6.42 Å². The summed E-state index contributed by atoms with van der Waals surface area (Å²) in [4.78, 5) is 16.2. The maximum Gasteiger partial charge on any atom is 0.306 e. The van der Waals surface area contributed by atoms with Crippen LogP contribution in [0.1, 0.15) is 80.6 Å². The van der Waals surface area contributed by atoms with Crippen LogP contribution in [0.15, 0.2) is 4.99 Å². The average Bonchev–Trinajstić information content (AvgIpc) is 2.33. The van der Waals surface area contributed by atoms with E-state index >= 15 is 0 Å². The third kappa shape index (κ3) is 17.8. The summed E-state index contributed by atoms with van der Waals surface area (Å²) in [6, 6.07) is 0. The van der Waals surface area contributed by atoms with Gasteiger partial charge in [0.05, 0.1) is 0 Å². The molecule has 144 valence electrons. The van der Waals surface area contributed by atoms with Crippen molar-refractivity contribution in [1.29, 1.82) is 0 Å². The van der Waals surface area contributed by atoms with Crippen LogP contribution in [-0.4, -0.2) is 36.2 Å². The molecule has 0 aliphatic rings. The van der Waals surface area contributed by atoms with Crippen molar-refractivity contribution in [3.8, 4) is 0 Å². The quantitative estimate of drug-likeness (QED) is 0.189. The number of unbranched alkanes of at least 4 members (excludes halogenated alkanes) is 3. The minimum absolute atomic E-state index is 0. The van der Waals surface area contributed by atoms with Crippen LogP contribution in [0.25, 0.3) is 0 Å². The molecule has 0 aromatic heterocycles. The lowest BCUT2D eigenvalue weighted by Gasteiger charge is -2.23. The van der Waals surface area contributed by atoms with E-state index in [2.05, 4.69) is 43.3 Å². The molecule has 0 saturated heterocycles. The van der Waals surface area contributed by atoms with Crippen LogP contribution in [0, 0.1) is 0 Å². The number of aliphatic imine (C=N–C) groups is 1. The Bertz CT molecular complexity index is 371. The van der Waals surface area contributed by atoms with E-state index < -0.39 is 0 Å². The van der Waals surface area contributed by atoms with Crippen LogP contribution in [0.4, 0.5) is 0 Å². The SMILES string of the molecule is CCNC(=NCCCCCCC(=O)OC(C)(C)C)NC(C)(C)C.I.